The van der Waals surface area contributed by atoms with Crippen molar-refractivity contribution in [3.8, 4) is 5.75 Å². The molecule has 0 unspecified atom stereocenters. The monoisotopic (exact) mass is 293 g/mol. The molecule has 0 heterocycles. The molecule has 0 aliphatic carbocycles. The van der Waals surface area contributed by atoms with Crippen molar-refractivity contribution in [2.45, 2.75) is 33.2 Å². The third kappa shape index (κ3) is 3.97. The maximum absolute atomic E-state index is 12.4. The van der Waals surface area contributed by atoms with Crippen molar-refractivity contribution in [2.24, 2.45) is 0 Å². The van der Waals surface area contributed by atoms with Gasteiger partial charge in [-0.3, -0.25) is 4.79 Å². The molecule has 0 saturated heterocycles. The minimum atomic E-state index is -1.02. The van der Waals surface area contributed by atoms with E-state index in [1.807, 2.05) is 6.92 Å². The Bertz CT molecular complexity index is 494. The summed E-state index contributed by atoms with van der Waals surface area (Å²) in [7, 11) is 1.59. The lowest BCUT2D eigenvalue weighted by Gasteiger charge is -2.33. The number of amides is 1. The van der Waals surface area contributed by atoms with Gasteiger partial charge < -0.3 is 14.4 Å². The number of carbonyl (C=O) groups is 2. The highest BCUT2D eigenvalue weighted by Gasteiger charge is 2.37. The molecule has 0 fully saturated rings. The second-order valence-corrected chi connectivity index (χ2v) is 5.10. The van der Waals surface area contributed by atoms with Gasteiger partial charge in [0.1, 0.15) is 11.3 Å². The van der Waals surface area contributed by atoms with Gasteiger partial charge in [-0.05, 0) is 52.0 Å². The van der Waals surface area contributed by atoms with Crippen LogP contribution >= 0.6 is 0 Å². The molecule has 1 aromatic carbocycles. The fraction of sp³-hybridized carbons (Fsp3) is 0.500. The summed E-state index contributed by atoms with van der Waals surface area (Å²) in [5.41, 5.74) is -0.524. The molecule has 0 aromatic heterocycles. The third-order valence-electron chi connectivity index (χ3n) is 3.33. The smallest absolute Gasteiger partial charge is 0.331 e. The van der Waals surface area contributed by atoms with Gasteiger partial charge in [-0.2, -0.15) is 0 Å². The molecule has 1 aromatic rings. The van der Waals surface area contributed by atoms with Gasteiger partial charge >= 0.3 is 5.97 Å². The summed E-state index contributed by atoms with van der Waals surface area (Å²) < 4.78 is 10.4. The Morgan fingerprint density at radius 2 is 1.67 bits per heavy atom. The average molecular weight is 293 g/mol. The van der Waals surface area contributed by atoms with Crippen LogP contribution in [0.3, 0.4) is 0 Å². The van der Waals surface area contributed by atoms with Crippen molar-refractivity contribution in [1.82, 2.24) is 4.90 Å². The van der Waals surface area contributed by atoms with E-state index in [1.54, 1.807) is 52.1 Å². The van der Waals surface area contributed by atoms with Crippen LogP contribution in [-0.4, -0.2) is 42.6 Å². The minimum absolute atomic E-state index is 0.240. The van der Waals surface area contributed by atoms with E-state index < -0.39 is 11.5 Å². The summed E-state index contributed by atoms with van der Waals surface area (Å²) in [5.74, 6) is 0.0456. The topological polar surface area (TPSA) is 55.8 Å². The molecular formula is C16H23NO4. The van der Waals surface area contributed by atoms with Crippen molar-refractivity contribution in [3.05, 3.63) is 29.8 Å². The van der Waals surface area contributed by atoms with Crippen LogP contribution in [-0.2, 0) is 9.53 Å². The van der Waals surface area contributed by atoms with Crippen molar-refractivity contribution in [3.63, 3.8) is 0 Å². The van der Waals surface area contributed by atoms with E-state index in [4.69, 9.17) is 9.47 Å². The minimum Gasteiger partial charge on any atom is -0.494 e. The lowest BCUT2D eigenvalue weighted by Crippen LogP contribution is -2.51. The molecule has 1 amide bonds. The highest BCUT2D eigenvalue weighted by atomic mass is 16.5. The molecule has 0 aliphatic rings. The number of hydrogen-bond acceptors (Lipinski definition) is 4. The molecule has 0 radical (unpaired) electrons. The Labute approximate surface area is 125 Å². The first-order valence-electron chi connectivity index (χ1n) is 7.02. The van der Waals surface area contributed by atoms with Gasteiger partial charge in [-0.1, -0.05) is 0 Å². The van der Waals surface area contributed by atoms with E-state index in [2.05, 4.69) is 0 Å². The van der Waals surface area contributed by atoms with Gasteiger partial charge in [0, 0.05) is 12.6 Å². The van der Waals surface area contributed by atoms with Gasteiger partial charge in [0.15, 0.2) is 0 Å². The Morgan fingerprint density at radius 3 is 2.14 bits per heavy atom. The Balaban J connectivity index is 2.88. The van der Waals surface area contributed by atoms with Crippen molar-refractivity contribution >= 4 is 11.9 Å². The number of ether oxygens (including phenoxy) is 2. The van der Waals surface area contributed by atoms with Crippen molar-refractivity contribution in [1.29, 1.82) is 0 Å². The van der Waals surface area contributed by atoms with E-state index in [0.717, 1.165) is 0 Å². The van der Waals surface area contributed by atoms with Crippen LogP contribution in [0.5, 0.6) is 5.75 Å². The molecule has 5 heteroatoms. The van der Waals surface area contributed by atoms with E-state index in [-0.39, 0.29) is 12.5 Å². The molecule has 21 heavy (non-hydrogen) atoms. The number of benzene rings is 1. The maximum atomic E-state index is 12.4. The van der Waals surface area contributed by atoms with Gasteiger partial charge in [-0.25, -0.2) is 4.79 Å². The Hall–Kier alpha value is -2.04. The normalized spacial score (nSPS) is 10.9. The fourth-order valence-electron chi connectivity index (χ4n) is 1.75. The number of likely N-dealkylation sites (N-methyl/N-ethyl adjacent to an activating group) is 1. The van der Waals surface area contributed by atoms with Crippen LogP contribution < -0.4 is 4.74 Å². The molecule has 0 bridgehead atoms. The zero-order chi connectivity index (χ0) is 16.0. The number of rotatable bonds is 6. The van der Waals surface area contributed by atoms with Crippen LogP contribution in [0.4, 0.5) is 0 Å². The van der Waals surface area contributed by atoms with Crippen LogP contribution in [0.1, 0.15) is 38.1 Å². The average Bonchev–Trinajstić information content (AvgIpc) is 2.47. The molecule has 0 spiro atoms. The van der Waals surface area contributed by atoms with Crippen LogP contribution in [0.15, 0.2) is 24.3 Å². The summed E-state index contributed by atoms with van der Waals surface area (Å²) in [6.07, 6.45) is 0. The van der Waals surface area contributed by atoms with Crippen molar-refractivity contribution < 1.29 is 19.1 Å². The van der Waals surface area contributed by atoms with Gasteiger partial charge in [0.25, 0.3) is 5.91 Å². The van der Waals surface area contributed by atoms with Crippen molar-refractivity contribution in [2.75, 3.05) is 20.3 Å². The lowest BCUT2D eigenvalue weighted by molar-refractivity contribution is -0.153. The summed E-state index contributed by atoms with van der Waals surface area (Å²) in [5, 5.41) is 0. The predicted molar refractivity (Wildman–Crippen MR) is 80.4 cm³/mol. The highest BCUT2D eigenvalue weighted by molar-refractivity contribution is 5.97. The molecule has 0 saturated carbocycles. The quantitative estimate of drug-likeness (QED) is 0.756. The molecular weight excluding hydrogens is 270 g/mol. The Kier molecular flexibility index (Phi) is 5.76. The first kappa shape index (κ1) is 17.0. The molecule has 5 nitrogen and oxygen atoms in total. The van der Waals surface area contributed by atoms with Crippen LogP contribution in [0.25, 0.3) is 0 Å². The Morgan fingerprint density at radius 1 is 1.10 bits per heavy atom. The second kappa shape index (κ2) is 7.11. The SMILES string of the molecule is CCOC(=O)C(C)(C)N(C)C(=O)c1ccc(OCC)cc1. The molecule has 0 N–H and O–H groups in total. The number of carbonyl (C=O) groups excluding carboxylic acids is 2. The number of hydrogen-bond donors (Lipinski definition) is 0. The summed E-state index contributed by atoms with van der Waals surface area (Å²) in [6.45, 7) is 7.82. The molecule has 1 rings (SSSR count). The molecule has 0 atom stereocenters. The number of esters is 1. The van der Waals surface area contributed by atoms with Gasteiger partial charge in [0.2, 0.25) is 0 Å². The lowest BCUT2D eigenvalue weighted by atomic mass is 10.0. The van der Waals surface area contributed by atoms with Crippen LogP contribution in [0, 0.1) is 0 Å². The van der Waals surface area contributed by atoms with Crippen LogP contribution in [0.2, 0.25) is 0 Å². The summed E-state index contributed by atoms with van der Waals surface area (Å²) in [6, 6.07) is 6.85. The molecule has 0 aliphatic heterocycles. The van der Waals surface area contributed by atoms with E-state index >= 15 is 0 Å². The maximum Gasteiger partial charge on any atom is 0.331 e. The largest absolute Gasteiger partial charge is 0.494 e. The van der Waals surface area contributed by atoms with Gasteiger partial charge in [-0.15, -0.1) is 0 Å². The standard InChI is InChI=1S/C16H23NO4/c1-6-20-13-10-8-12(9-11-13)14(18)17(5)16(3,4)15(19)21-7-2/h8-11H,6-7H2,1-5H3. The second-order valence-electron chi connectivity index (χ2n) is 5.10. The first-order chi connectivity index (χ1) is 9.84. The third-order valence-corrected chi connectivity index (χ3v) is 3.33. The highest BCUT2D eigenvalue weighted by Crippen LogP contribution is 2.19. The summed E-state index contributed by atoms with van der Waals surface area (Å²) >= 11 is 0. The zero-order valence-corrected chi connectivity index (χ0v) is 13.3. The molecule has 116 valence electrons. The van der Waals surface area contributed by atoms with E-state index in [1.165, 1.54) is 4.90 Å². The zero-order valence-electron chi connectivity index (χ0n) is 13.3. The van der Waals surface area contributed by atoms with Gasteiger partial charge in [0.05, 0.1) is 13.2 Å². The van der Waals surface area contributed by atoms with E-state index in [0.29, 0.717) is 17.9 Å². The predicted octanol–water partition coefficient (Wildman–Crippen LogP) is 2.50. The summed E-state index contributed by atoms with van der Waals surface area (Å²) in [4.78, 5) is 25.8. The first-order valence-corrected chi connectivity index (χ1v) is 7.02. The van der Waals surface area contributed by atoms with E-state index in [9.17, 15) is 9.59 Å². The number of nitrogens with zero attached hydrogens (tertiary/aromatic N) is 1. The fourth-order valence-corrected chi connectivity index (χ4v) is 1.75.